The van der Waals surface area contributed by atoms with Crippen LogP contribution in [0.15, 0.2) is 18.2 Å². The molecule has 0 spiro atoms. The number of nitrogens with one attached hydrogen (secondary N) is 1. The van der Waals surface area contributed by atoms with Gasteiger partial charge in [0.2, 0.25) is 0 Å². The first-order valence-corrected chi connectivity index (χ1v) is 7.10. The molecule has 0 aliphatic carbocycles. The SMILES string of the molecule is Cc1cccc(CN2CCOCC2)c1NC(=O)N(C)S. The molecule has 5 nitrogen and oxygen atoms in total. The predicted octanol–water partition coefficient (Wildman–Crippen LogP) is 2.14. The Kier molecular flexibility index (Phi) is 5.28. The van der Waals surface area contributed by atoms with Crippen molar-refractivity contribution >= 4 is 24.5 Å². The third-order valence-electron chi connectivity index (χ3n) is 3.38. The Hall–Kier alpha value is -1.24. The second-order valence-electron chi connectivity index (χ2n) is 4.95. The van der Waals surface area contributed by atoms with Crippen molar-refractivity contribution in [2.75, 3.05) is 38.7 Å². The van der Waals surface area contributed by atoms with Crippen LogP contribution in [0.25, 0.3) is 0 Å². The monoisotopic (exact) mass is 295 g/mol. The molecule has 1 aromatic carbocycles. The molecule has 6 heteroatoms. The van der Waals surface area contributed by atoms with Gasteiger partial charge in [-0.3, -0.25) is 9.21 Å². The number of hydrogen-bond donors (Lipinski definition) is 2. The van der Waals surface area contributed by atoms with Crippen molar-refractivity contribution in [1.82, 2.24) is 9.21 Å². The fourth-order valence-electron chi connectivity index (χ4n) is 2.23. The van der Waals surface area contributed by atoms with Crippen LogP contribution < -0.4 is 5.32 Å². The Morgan fingerprint density at radius 1 is 1.45 bits per heavy atom. The molecular weight excluding hydrogens is 274 g/mol. The summed E-state index contributed by atoms with van der Waals surface area (Å²) in [4.78, 5) is 14.1. The second kappa shape index (κ2) is 6.97. The van der Waals surface area contributed by atoms with Crippen LogP contribution in [0.1, 0.15) is 11.1 Å². The lowest BCUT2D eigenvalue weighted by atomic mass is 10.1. The minimum Gasteiger partial charge on any atom is -0.379 e. The summed E-state index contributed by atoms with van der Waals surface area (Å²) in [5.74, 6) is 0. The number of aryl methyl sites for hydroxylation is 1. The molecule has 20 heavy (non-hydrogen) atoms. The van der Waals surface area contributed by atoms with Gasteiger partial charge in [0.05, 0.1) is 13.2 Å². The normalized spacial score (nSPS) is 15.9. The van der Waals surface area contributed by atoms with Crippen molar-refractivity contribution in [1.29, 1.82) is 0 Å². The van der Waals surface area contributed by atoms with E-state index in [2.05, 4.69) is 29.1 Å². The summed E-state index contributed by atoms with van der Waals surface area (Å²) in [6.45, 7) is 6.20. The zero-order valence-corrected chi connectivity index (χ0v) is 12.8. The lowest BCUT2D eigenvalue weighted by molar-refractivity contribution is 0.0342. The van der Waals surface area contributed by atoms with E-state index >= 15 is 0 Å². The molecule has 1 heterocycles. The Bertz CT molecular complexity index is 473. The van der Waals surface area contributed by atoms with Crippen molar-refractivity contribution in [2.45, 2.75) is 13.5 Å². The Morgan fingerprint density at radius 3 is 2.80 bits per heavy atom. The van der Waals surface area contributed by atoms with Crippen LogP contribution in [0, 0.1) is 6.92 Å². The lowest BCUT2D eigenvalue weighted by Crippen LogP contribution is -2.36. The number of ether oxygens (including phenoxy) is 1. The average molecular weight is 295 g/mol. The van der Waals surface area contributed by atoms with Crippen LogP contribution in [0.4, 0.5) is 10.5 Å². The van der Waals surface area contributed by atoms with Crippen LogP contribution >= 0.6 is 12.8 Å². The van der Waals surface area contributed by atoms with E-state index in [4.69, 9.17) is 4.74 Å². The van der Waals surface area contributed by atoms with E-state index in [0.29, 0.717) is 0 Å². The van der Waals surface area contributed by atoms with Gasteiger partial charge in [0.15, 0.2) is 0 Å². The quantitative estimate of drug-likeness (QED) is 0.840. The molecule has 0 atom stereocenters. The fourth-order valence-corrected chi connectivity index (χ4v) is 2.28. The summed E-state index contributed by atoms with van der Waals surface area (Å²) in [5.41, 5.74) is 3.06. The number of nitrogens with zero attached hydrogens (tertiary/aromatic N) is 2. The standard InChI is InChI=1S/C14H21N3O2S/c1-11-4-3-5-12(10-17-6-8-19-9-7-17)13(11)15-14(18)16(2)20/h3-5,20H,6-10H2,1-2H3,(H,15,18). The summed E-state index contributed by atoms with van der Waals surface area (Å²) in [6, 6.07) is 5.84. The van der Waals surface area contributed by atoms with Gasteiger partial charge in [0, 0.05) is 32.4 Å². The van der Waals surface area contributed by atoms with Crippen molar-refractivity contribution in [3.05, 3.63) is 29.3 Å². The minimum atomic E-state index is -0.231. The first-order chi connectivity index (χ1) is 9.58. The zero-order valence-electron chi connectivity index (χ0n) is 11.9. The number of rotatable bonds is 3. The van der Waals surface area contributed by atoms with Gasteiger partial charge in [0.25, 0.3) is 0 Å². The second-order valence-corrected chi connectivity index (χ2v) is 5.55. The van der Waals surface area contributed by atoms with E-state index in [0.717, 1.165) is 49.7 Å². The van der Waals surface area contributed by atoms with Gasteiger partial charge in [-0.25, -0.2) is 4.79 Å². The van der Waals surface area contributed by atoms with E-state index in [9.17, 15) is 4.79 Å². The summed E-state index contributed by atoms with van der Waals surface area (Å²) >= 11 is 4.02. The first-order valence-electron chi connectivity index (χ1n) is 6.70. The van der Waals surface area contributed by atoms with Crippen molar-refractivity contribution in [3.8, 4) is 0 Å². The molecule has 1 aliphatic rings. The molecule has 1 N–H and O–H groups in total. The van der Waals surface area contributed by atoms with Crippen molar-refractivity contribution in [3.63, 3.8) is 0 Å². The number of anilines is 1. The number of amides is 2. The molecule has 0 aromatic heterocycles. The Labute approximate surface area is 125 Å². The van der Waals surface area contributed by atoms with Gasteiger partial charge in [-0.1, -0.05) is 31.0 Å². The summed E-state index contributed by atoms with van der Waals surface area (Å²) < 4.78 is 6.60. The van der Waals surface area contributed by atoms with Crippen molar-refractivity contribution in [2.24, 2.45) is 0 Å². The van der Waals surface area contributed by atoms with Crippen molar-refractivity contribution < 1.29 is 9.53 Å². The molecule has 1 aliphatic heterocycles. The number of urea groups is 1. The van der Waals surface area contributed by atoms with Gasteiger partial charge in [-0.2, -0.15) is 0 Å². The van der Waals surface area contributed by atoms with Gasteiger partial charge in [0.1, 0.15) is 0 Å². The predicted molar refractivity (Wildman–Crippen MR) is 83.0 cm³/mol. The van der Waals surface area contributed by atoms with Crippen LogP contribution in [-0.2, 0) is 11.3 Å². The van der Waals surface area contributed by atoms with Crippen LogP contribution in [0.3, 0.4) is 0 Å². The summed E-state index contributed by atoms with van der Waals surface area (Å²) in [7, 11) is 1.61. The van der Waals surface area contributed by atoms with Crippen LogP contribution in [0.2, 0.25) is 0 Å². The Balaban J connectivity index is 2.14. The lowest BCUT2D eigenvalue weighted by Gasteiger charge is -2.28. The van der Waals surface area contributed by atoms with Crippen LogP contribution in [0.5, 0.6) is 0 Å². The van der Waals surface area contributed by atoms with E-state index in [1.807, 2.05) is 19.1 Å². The highest BCUT2D eigenvalue weighted by atomic mass is 32.1. The molecular formula is C14H21N3O2S. The minimum absolute atomic E-state index is 0.231. The van der Waals surface area contributed by atoms with E-state index < -0.39 is 0 Å². The number of benzene rings is 1. The average Bonchev–Trinajstić information content (AvgIpc) is 2.43. The molecule has 2 amide bonds. The molecule has 0 unspecified atom stereocenters. The molecule has 1 aromatic rings. The molecule has 1 fully saturated rings. The number of para-hydroxylation sites is 1. The topological polar surface area (TPSA) is 44.8 Å². The molecule has 0 radical (unpaired) electrons. The maximum atomic E-state index is 11.8. The fraction of sp³-hybridized carbons (Fsp3) is 0.500. The maximum Gasteiger partial charge on any atom is 0.331 e. The maximum absolute atomic E-state index is 11.8. The smallest absolute Gasteiger partial charge is 0.331 e. The summed E-state index contributed by atoms with van der Waals surface area (Å²) in [5, 5.41) is 2.92. The highest BCUT2D eigenvalue weighted by Crippen LogP contribution is 2.23. The molecule has 110 valence electrons. The molecule has 1 saturated heterocycles. The Morgan fingerprint density at radius 2 is 2.15 bits per heavy atom. The number of carbonyl (C=O) groups excluding carboxylic acids is 1. The number of hydrogen-bond acceptors (Lipinski definition) is 4. The number of carbonyl (C=O) groups is 1. The number of thiol groups is 1. The largest absolute Gasteiger partial charge is 0.379 e. The highest BCUT2D eigenvalue weighted by molar-refractivity contribution is 7.78. The number of morpholine rings is 1. The van der Waals surface area contributed by atoms with Crippen LogP contribution in [-0.4, -0.2) is 48.6 Å². The summed E-state index contributed by atoms with van der Waals surface area (Å²) in [6.07, 6.45) is 0. The third-order valence-corrected chi connectivity index (χ3v) is 3.56. The van der Waals surface area contributed by atoms with E-state index in [-0.39, 0.29) is 6.03 Å². The first kappa shape index (κ1) is 15.2. The molecule has 2 rings (SSSR count). The van der Waals surface area contributed by atoms with E-state index in [1.54, 1.807) is 7.05 Å². The zero-order chi connectivity index (χ0) is 14.5. The van der Waals surface area contributed by atoms with Gasteiger partial charge in [-0.05, 0) is 18.1 Å². The van der Waals surface area contributed by atoms with E-state index in [1.165, 1.54) is 4.31 Å². The molecule has 0 saturated carbocycles. The highest BCUT2D eigenvalue weighted by Gasteiger charge is 2.15. The third kappa shape index (κ3) is 3.88. The van der Waals surface area contributed by atoms with Gasteiger partial charge < -0.3 is 10.1 Å². The molecule has 0 bridgehead atoms. The van der Waals surface area contributed by atoms with Gasteiger partial charge >= 0.3 is 6.03 Å². The van der Waals surface area contributed by atoms with Gasteiger partial charge in [-0.15, -0.1) is 0 Å².